The predicted octanol–water partition coefficient (Wildman–Crippen LogP) is 1.18. The molecule has 9 heavy (non-hydrogen) atoms. The molecule has 52 valence electrons. The smallest absolute Gasteiger partial charge is 0.306 e. The normalized spacial score (nSPS) is 34.7. The van der Waals surface area contributed by atoms with Crippen LogP contribution in [0.15, 0.2) is 0 Å². The van der Waals surface area contributed by atoms with Crippen LogP contribution in [0.3, 0.4) is 0 Å². The molecule has 0 aromatic carbocycles. The van der Waals surface area contributed by atoms with E-state index in [-0.39, 0.29) is 12.1 Å². The van der Waals surface area contributed by atoms with E-state index in [4.69, 9.17) is 16.3 Å². The van der Waals surface area contributed by atoms with Crippen molar-refractivity contribution in [3.8, 4) is 0 Å². The number of hydrogen-bond donors (Lipinski definition) is 0. The zero-order valence-electron chi connectivity index (χ0n) is 5.26. The largest absolute Gasteiger partial charge is 0.461 e. The van der Waals surface area contributed by atoms with Crippen LogP contribution in [0.2, 0.25) is 0 Å². The number of rotatable bonds is 1. The Hall–Kier alpha value is -0.240. The van der Waals surface area contributed by atoms with Gasteiger partial charge in [-0.05, 0) is 0 Å². The van der Waals surface area contributed by atoms with Crippen LogP contribution < -0.4 is 0 Å². The van der Waals surface area contributed by atoms with Crippen molar-refractivity contribution >= 4 is 17.6 Å². The average molecular weight is 149 g/mol. The lowest BCUT2D eigenvalue weighted by Gasteiger charge is -2.07. The molecular formula is C6H9ClO2. The molecule has 0 saturated carbocycles. The Labute approximate surface area is 59.1 Å². The summed E-state index contributed by atoms with van der Waals surface area (Å²) in [5.41, 5.74) is 0. The number of cyclic esters (lactones) is 1. The van der Waals surface area contributed by atoms with Gasteiger partial charge in [-0.3, -0.25) is 4.79 Å². The highest BCUT2D eigenvalue weighted by Gasteiger charge is 2.30. The van der Waals surface area contributed by atoms with E-state index in [9.17, 15) is 4.79 Å². The van der Waals surface area contributed by atoms with E-state index in [0.717, 1.165) is 0 Å². The van der Waals surface area contributed by atoms with E-state index in [1.807, 2.05) is 6.92 Å². The van der Waals surface area contributed by atoms with Crippen molar-refractivity contribution in [2.75, 3.05) is 5.88 Å². The second-order valence-electron chi connectivity index (χ2n) is 2.36. The van der Waals surface area contributed by atoms with Gasteiger partial charge >= 0.3 is 5.97 Å². The average Bonchev–Trinajstić information content (AvgIpc) is 2.10. The zero-order chi connectivity index (χ0) is 6.85. The Bertz CT molecular complexity index is 124. The Kier molecular flexibility index (Phi) is 1.96. The van der Waals surface area contributed by atoms with E-state index in [0.29, 0.717) is 18.2 Å². The molecule has 1 heterocycles. The lowest BCUT2D eigenvalue weighted by atomic mass is 10.1. The van der Waals surface area contributed by atoms with Gasteiger partial charge in [-0.25, -0.2) is 0 Å². The maximum atomic E-state index is 10.5. The van der Waals surface area contributed by atoms with E-state index in [2.05, 4.69) is 0 Å². The summed E-state index contributed by atoms with van der Waals surface area (Å²) in [5.74, 6) is 0.607. The van der Waals surface area contributed by atoms with Crippen LogP contribution >= 0.6 is 11.6 Å². The minimum Gasteiger partial charge on any atom is -0.461 e. The molecule has 1 aliphatic rings. The van der Waals surface area contributed by atoms with Crippen molar-refractivity contribution in [3.63, 3.8) is 0 Å². The van der Waals surface area contributed by atoms with Crippen molar-refractivity contribution in [1.82, 2.24) is 0 Å². The fraction of sp³-hybridized carbons (Fsp3) is 0.833. The molecule has 0 bridgehead atoms. The molecule has 2 atom stereocenters. The Morgan fingerprint density at radius 2 is 2.56 bits per heavy atom. The fourth-order valence-electron chi connectivity index (χ4n) is 0.911. The molecule has 0 aromatic heterocycles. The Morgan fingerprint density at radius 3 is 2.78 bits per heavy atom. The number of alkyl halides is 1. The van der Waals surface area contributed by atoms with Crippen LogP contribution in [-0.4, -0.2) is 18.0 Å². The van der Waals surface area contributed by atoms with Crippen molar-refractivity contribution in [3.05, 3.63) is 0 Å². The summed E-state index contributed by atoms with van der Waals surface area (Å²) >= 11 is 5.49. The molecule has 3 heteroatoms. The maximum absolute atomic E-state index is 10.5. The zero-order valence-corrected chi connectivity index (χ0v) is 6.02. The highest BCUT2D eigenvalue weighted by molar-refractivity contribution is 6.18. The summed E-state index contributed by atoms with van der Waals surface area (Å²) in [7, 11) is 0. The van der Waals surface area contributed by atoms with Crippen LogP contribution in [0.4, 0.5) is 0 Å². The van der Waals surface area contributed by atoms with Gasteiger partial charge in [0.25, 0.3) is 0 Å². The standard InChI is InChI=1S/C6H9ClO2/c1-4-2-6(8)9-5(4)3-7/h4-5H,2-3H2,1H3/t4-,5-/m0/s1. The van der Waals surface area contributed by atoms with Crippen molar-refractivity contribution in [2.45, 2.75) is 19.4 Å². The monoisotopic (exact) mass is 148 g/mol. The summed E-state index contributed by atoms with van der Waals surface area (Å²) in [4.78, 5) is 10.5. The molecule has 1 saturated heterocycles. The van der Waals surface area contributed by atoms with Gasteiger partial charge in [0, 0.05) is 5.92 Å². The number of carbonyl (C=O) groups is 1. The molecule has 0 aromatic rings. The number of carbonyl (C=O) groups excluding carboxylic acids is 1. The number of esters is 1. The highest BCUT2D eigenvalue weighted by Crippen LogP contribution is 2.21. The van der Waals surface area contributed by atoms with E-state index < -0.39 is 0 Å². The first kappa shape index (κ1) is 6.87. The summed E-state index contributed by atoms with van der Waals surface area (Å²) in [6, 6.07) is 0. The van der Waals surface area contributed by atoms with Gasteiger partial charge in [0.15, 0.2) is 0 Å². The first-order valence-electron chi connectivity index (χ1n) is 2.99. The second kappa shape index (κ2) is 2.56. The van der Waals surface area contributed by atoms with E-state index >= 15 is 0 Å². The summed E-state index contributed by atoms with van der Waals surface area (Å²) in [6.45, 7) is 1.97. The minimum atomic E-state index is -0.117. The number of ether oxygens (including phenoxy) is 1. The van der Waals surface area contributed by atoms with Gasteiger partial charge in [0.1, 0.15) is 6.10 Å². The predicted molar refractivity (Wildman–Crippen MR) is 34.4 cm³/mol. The van der Waals surface area contributed by atoms with E-state index in [1.54, 1.807) is 0 Å². The quantitative estimate of drug-likeness (QED) is 0.412. The van der Waals surface area contributed by atoms with E-state index in [1.165, 1.54) is 0 Å². The van der Waals surface area contributed by atoms with Crippen molar-refractivity contribution < 1.29 is 9.53 Å². The third kappa shape index (κ3) is 1.36. The van der Waals surface area contributed by atoms with Gasteiger partial charge in [-0.15, -0.1) is 11.6 Å². The van der Waals surface area contributed by atoms with Crippen LogP contribution in [-0.2, 0) is 9.53 Å². The molecule has 0 unspecified atom stereocenters. The number of hydrogen-bond acceptors (Lipinski definition) is 2. The summed E-state index contributed by atoms with van der Waals surface area (Å²) in [6.07, 6.45) is 0.483. The fourth-order valence-corrected chi connectivity index (χ4v) is 1.28. The van der Waals surface area contributed by atoms with Crippen molar-refractivity contribution in [1.29, 1.82) is 0 Å². The van der Waals surface area contributed by atoms with Gasteiger partial charge in [0.05, 0.1) is 12.3 Å². The first-order valence-corrected chi connectivity index (χ1v) is 3.53. The maximum Gasteiger partial charge on any atom is 0.306 e. The SMILES string of the molecule is C[C@H]1CC(=O)O[C@H]1CCl. The Morgan fingerprint density at radius 1 is 1.89 bits per heavy atom. The third-order valence-corrected chi connectivity index (χ3v) is 1.86. The van der Waals surface area contributed by atoms with Gasteiger partial charge in [-0.1, -0.05) is 6.92 Å². The van der Waals surface area contributed by atoms with Gasteiger partial charge in [-0.2, -0.15) is 0 Å². The second-order valence-corrected chi connectivity index (χ2v) is 2.67. The first-order chi connectivity index (χ1) is 4.24. The highest BCUT2D eigenvalue weighted by atomic mass is 35.5. The Balaban J connectivity index is 2.47. The molecule has 0 amide bonds. The minimum absolute atomic E-state index is 0.0424. The van der Waals surface area contributed by atoms with Crippen LogP contribution in [0.5, 0.6) is 0 Å². The molecule has 2 nitrogen and oxygen atoms in total. The molecule has 1 fully saturated rings. The van der Waals surface area contributed by atoms with Crippen molar-refractivity contribution in [2.24, 2.45) is 5.92 Å². The lowest BCUT2D eigenvalue weighted by Crippen LogP contribution is -2.14. The molecule has 0 aliphatic carbocycles. The number of halogens is 1. The lowest BCUT2D eigenvalue weighted by molar-refractivity contribution is -0.140. The molecule has 0 spiro atoms. The summed E-state index contributed by atoms with van der Waals surface area (Å²) in [5, 5.41) is 0. The summed E-state index contributed by atoms with van der Waals surface area (Å²) < 4.78 is 4.85. The van der Waals surface area contributed by atoms with Crippen LogP contribution in [0.1, 0.15) is 13.3 Å². The molecule has 1 rings (SSSR count). The molecular weight excluding hydrogens is 140 g/mol. The van der Waals surface area contributed by atoms with Crippen LogP contribution in [0.25, 0.3) is 0 Å². The molecule has 0 N–H and O–H groups in total. The third-order valence-electron chi connectivity index (χ3n) is 1.56. The molecule has 0 radical (unpaired) electrons. The van der Waals surface area contributed by atoms with Crippen LogP contribution in [0, 0.1) is 5.92 Å². The topological polar surface area (TPSA) is 26.3 Å². The molecule has 1 aliphatic heterocycles. The van der Waals surface area contributed by atoms with Gasteiger partial charge in [0.2, 0.25) is 0 Å². The van der Waals surface area contributed by atoms with Gasteiger partial charge < -0.3 is 4.74 Å².